The Kier molecular flexibility index (Phi) is 2.97. The summed E-state index contributed by atoms with van der Waals surface area (Å²) in [6, 6.07) is 13.5. The molecule has 0 aliphatic rings. The van der Waals surface area contributed by atoms with Crippen molar-refractivity contribution in [2.45, 2.75) is 0 Å². The van der Waals surface area contributed by atoms with Crippen molar-refractivity contribution < 1.29 is 8.81 Å². The Balaban J connectivity index is 1.83. The lowest BCUT2D eigenvalue weighted by atomic mass is 10.2. The highest BCUT2D eigenvalue weighted by Gasteiger charge is 2.17. The van der Waals surface area contributed by atoms with Crippen LogP contribution in [0.25, 0.3) is 34.1 Å². The minimum atomic E-state index is -0.444. The molecule has 0 spiro atoms. The van der Waals surface area contributed by atoms with Gasteiger partial charge in [-0.1, -0.05) is 24.3 Å². The molecule has 0 radical (unpaired) electrons. The number of hydrogen-bond acceptors (Lipinski definition) is 6. The lowest BCUT2D eigenvalue weighted by Crippen LogP contribution is -1.98. The van der Waals surface area contributed by atoms with Gasteiger partial charge in [0.25, 0.3) is 11.8 Å². The topological polar surface area (TPSA) is 90.7 Å². The predicted octanol–water partition coefficient (Wildman–Crippen LogP) is 3.07. The molecule has 7 heteroatoms. The molecule has 0 saturated heterocycles. The second kappa shape index (κ2) is 5.13. The van der Waals surface area contributed by atoms with Gasteiger partial charge in [0.15, 0.2) is 11.5 Å². The molecule has 0 amide bonds. The molecule has 23 heavy (non-hydrogen) atoms. The zero-order chi connectivity index (χ0) is 15.8. The highest BCUT2D eigenvalue weighted by Crippen LogP contribution is 2.28. The number of hydrogen-bond donors (Lipinski definition) is 1. The number of rotatable bonds is 2. The Bertz CT molecular complexity index is 1010. The van der Waals surface area contributed by atoms with Gasteiger partial charge in [0.1, 0.15) is 5.82 Å². The predicted molar refractivity (Wildman–Crippen MR) is 82.6 cm³/mol. The van der Waals surface area contributed by atoms with Gasteiger partial charge >= 0.3 is 0 Å². The molecule has 4 rings (SSSR count). The van der Waals surface area contributed by atoms with Crippen LogP contribution in [0.2, 0.25) is 0 Å². The fraction of sp³-hybridized carbons (Fsp3) is 0. The highest BCUT2D eigenvalue weighted by atomic mass is 19.1. The van der Waals surface area contributed by atoms with Crippen LogP contribution in [0, 0.1) is 5.82 Å². The van der Waals surface area contributed by atoms with Gasteiger partial charge in [-0.3, -0.25) is 0 Å². The Morgan fingerprint density at radius 3 is 2.26 bits per heavy atom. The van der Waals surface area contributed by atoms with Crippen molar-refractivity contribution >= 4 is 16.9 Å². The van der Waals surface area contributed by atoms with E-state index >= 15 is 0 Å². The van der Waals surface area contributed by atoms with Crippen LogP contribution in [0.1, 0.15) is 0 Å². The van der Waals surface area contributed by atoms with Crippen molar-refractivity contribution in [2.75, 3.05) is 5.73 Å². The van der Waals surface area contributed by atoms with Gasteiger partial charge in [-0.25, -0.2) is 14.4 Å². The summed E-state index contributed by atoms with van der Waals surface area (Å²) in [6.07, 6.45) is 0. The summed E-state index contributed by atoms with van der Waals surface area (Å²) in [5.41, 5.74) is 7.74. The first kappa shape index (κ1) is 13.3. The smallest absolute Gasteiger partial charge is 0.270 e. The van der Waals surface area contributed by atoms with Gasteiger partial charge in [0.2, 0.25) is 0 Å². The second-order valence-corrected chi connectivity index (χ2v) is 4.84. The first-order valence-electron chi connectivity index (χ1n) is 6.83. The first-order valence-corrected chi connectivity index (χ1v) is 6.83. The van der Waals surface area contributed by atoms with Gasteiger partial charge in [-0.15, -0.1) is 10.2 Å². The zero-order valence-electron chi connectivity index (χ0n) is 11.8. The van der Waals surface area contributed by atoms with Crippen molar-refractivity contribution in [1.82, 2.24) is 20.2 Å². The van der Waals surface area contributed by atoms with E-state index in [1.807, 2.05) is 12.1 Å². The van der Waals surface area contributed by atoms with E-state index in [0.717, 1.165) is 0 Å². The molecule has 0 unspecified atom stereocenters. The Morgan fingerprint density at radius 2 is 1.48 bits per heavy atom. The maximum Gasteiger partial charge on any atom is 0.270 e. The number of anilines is 1. The molecule has 0 saturated carbocycles. The van der Waals surface area contributed by atoms with E-state index in [0.29, 0.717) is 11.0 Å². The van der Waals surface area contributed by atoms with E-state index in [-0.39, 0.29) is 28.9 Å². The molecule has 0 bridgehead atoms. The summed E-state index contributed by atoms with van der Waals surface area (Å²) in [6.45, 7) is 0. The molecule has 0 fully saturated rings. The second-order valence-electron chi connectivity index (χ2n) is 4.84. The Hall–Kier alpha value is -3.35. The fourth-order valence-electron chi connectivity index (χ4n) is 2.23. The number of para-hydroxylation sites is 2. The van der Waals surface area contributed by atoms with Crippen LogP contribution in [-0.4, -0.2) is 20.2 Å². The van der Waals surface area contributed by atoms with E-state index in [9.17, 15) is 4.39 Å². The molecule has 0 aliphatic carbocycles. The van der Waals surface area contributed by atoms with E-state index in [4.69, 9.17) is 10.2 Å². The van der Waals surface area contributed by atoms with Crippen LogP contribution in [0.15, 0.2) is 52.9 Å². The summed E-state index contributed by atoms with van der Waals surface area (Å²) in [5.74, 6) is -0.112. The van der Waals surface area contributed by atoms with E-state index < -0.39 is 5.82 Å². The zero-order valence-corrected chi connectivity index (χ0v) is 11.8. The maximum atomic E-state index is 13.8. The van der Waals surface area contributed by atoms with Gasteiger partial charge in [-0.2, -0.15) is 0 Å². The van der Waals surface area contributed by atoms with Crippen LogP contribution in [-0.2, 0) is 0 Å². The van der Waals surface area contributed by atoms with Crippen molar-refractivity contribution in [3.05, 3.63) is 54.3 Å². The number of aromatic nitrogens is 4. The van der Waals surface area contributed by atoms with Crippen LogP contribution in [0.4, 0.5) is 10.2 Å². The van der Waals surface area contributed by atoms with Crippen molar-refractivity contribution in [1.29, 1.82) is 0 Å². The molecule has 6 nitrogen and oxygen atoms in total. The number of nitrogens with two attached hydrogens (primary N) is 1. The number of nitrogen functional groups attached to an aromatic ring is 1. The Morgan fingerprint density at radius 1 is 0.826 bits per heavy atom. The molecule has 112 valence electrons. The van der Waals surface area contributed by atoms with E-state index in [2.05, 4.69) is 20.2 Å². The summed E-state index contributed by atoms with van der Waals surface area (Å²) < 4.78 is 19.3. The first-order chi connectivity index (χ1) is 11.2. The van der Waals surface area contributed by atoms with Crippen molar-refractivity contribution in [2.24, 2.45) is 0 Å². The molecular weight excluding hydrogens is 297 g/mol. The summed E-state index contributed by atoms with van der Waals surface area (Å²) in [4.78, 5) is 8.66. The quantitative estimate of drug-likeness (QED) is 0.612. The molecule has 2 aromatic heterocycles. The summed E-state index contributed by atoms with van der Waals surface area (Å²) in [7, 11) is 0. The number of benzene rings is 2. The highest BCUT2D eigenvalue weighted by molar-refractivity contribution is 5.80. The van der Waals surface area contributed by atoms with E-state index in [1.54, 1.807) is 30.3 Å². The van der Waals surface area contributed by atoms with Gasteiger partial charge in [0.05, 0.1) is 16.6 Å². The third kappa shape index (κ3) is 2.28. The van der Waals surface area contributed by atoms with E-state index in [1.165, 1.54) is 6.07 Å². The fourth-order valence-corrected chi connectivity index (χ4v) is 2.23. The molecule has 0 atom stereocenters. The maximum absolute atomic E-state index is 13.8. The monoisotopic (exact) mass is 307 g/mol. The molecule has 2 aromatic carbocycles. The third-order valence-corrected chi connectivity index (χ3v) is 3.33. The normalized spacial score (nSPS) is 11.0. The molecule has 0 aliphatic heterocycles. The lowest BCUT2D eigenvalue weighted by molar-refractivity contribution is 0.569. The standard InChI is InChI=1S/C16H10FN5O/c17-10-6-2-1-5-9(10)15-21-22-16(23-15)13-14(18)20-12-8-4-3-7-11(12)19-13/h1-8H,(H2,18,20). The minimum Gasteiger partial charge on any atom is -0.414 e. The number of halogens is 1. The summed E-state index contributed by atoms with van der Waals surface area (Å²) >= 11 is 0. The molecule has 2 N–H and O–H groups in total. The summed E-state index contributed by atoms with van der Waals surface area (Å²) in [5, 5.41) is 7.77. The largest absolute Gasteiger partial charge is 0.414 e. The van der Waals surface area contributed by atoms with Crippen LogP contribution in [0.5, 0.6) is 0 Å². The minimum absolute atomic E-state index is 0.0625. The van der Waals surface area contributed by atoms with Gasteiger partial charge in [-0.05, 0) is 24.3 Å². The number of fused-ring (bicyclic) bond motifs is 1. The molecule has 4 aromatic rings. The van der Waals surface area contributed by atoms with Gasteiger partial charge in [0, 0.05) is 0 Å². The average Bonchev–Trinajstić information content (AvgIpc) is 3.04. The third-order valence-electron chi connectivity index (χ3n) is 3.33. The Labute approximate surface area is 129 Å². The van der Waals surface area contributed by atoms with Crippen LogP contribution >= 0.6 is 0 Å². The number of nitrogens with zero attached hydrogens (tertiary/aromatic N) is 4. The molecular formula is C16H10FN5O. The van der Waals surface area contributed by atoms with Crippen LogP contribution < -0.4 is 5.73 Å². The lowest BCUT2D eigenvalue weighted by Gasteiger charge is -2.02. The van der Waals surface area contributed by atoms with Gasteiger partial charge < -0.3 is 10.2 Å². The molecule has 2 heterocycles. The van der Waals surface area contributed by atoms with Crippen molar-refractivity contribution in [3.63, 3.8) is 0 Å². The average molecular weight is 307 g/mol. The van der Waals surface area contributed by atoms with Crippen LogP contribution in [0.3, 0.4) is 0 Å². The SMILES string of the molecule is Nc1nc2ccccc2nc1-c1nnc(-c2ccccc2F)o1. The van der Waals surface area contributed by atoms with Crippen molar-refractivity contribution in [3.8, 4) is 23.0 Å².